The molecule has 1 heteroatoms. The number of hydrogen-bond acceptors (Lipinski definition) is 1. The molecule has 0 aliphatic rings. The van der Waals surface area contributed by atoms with E-state index in [1.807, 2.05) is 0 Å². The van der Waals surface area contributed by atoms with Crippen LogP contribution in [-0.2, 0) is 0 Å². The summed E-state index contributed by atoms with van der Waals surface area (Å²) < 4.78 is 0. The summed E-state index contributed by atoms with van der Waals surface area (Å²) in [5.74, 6) is 0. The first kappa shape index (κ1) is 12.0. The Morgan fingerprint density at radius 2 is 1.42 bits per heavy atom. The molecule has 0 unspecified atom stereocenters. The van der Waals surface area contributed by atoms with Crippen molar-refractivity contribution in [2.75, 3.05) is 13.6 Å². The third kappa shape index (κ3) is 2.48. The van der Waals surface area contributed by atoms with Gasteiger partial charge in [-0.25, -0.2) is 0 Å². The highest BCUT2D eigenvalue weighted by atomic mass is 15.2. The summed E-state index contributed by atoms with van der Waals surface area (Å²) in [6.07, 6.45) is 1.23. The summed E-state index contributed by atoms with van der Waals surface area (Å²) in [4.78, 5) is 2.45. The van der Waals surface area contributed by atoms with Gasteiger partial charge in [-0.05, 0) is 39.3 Å². The van der Waals surface area contributed by atoms with Crippen LogP contribution in [0.15, 0.2) is 0 Å². The molecule has 0 heterocycles. The van der Waals surface area contributed by atoms with Crippen molar-refractivity contribution < 1.29 is 0 Å². The maximum atomic E-state index is 2.45. The minimum absolute atomic E-state index is 0.281. The molecule has 0 saturated carbocycles. The lowest BCUT2D eigenvalue weighted by Gasteiger charge is -2.46. The van der Waals surface area contributed by atoms with E-state index in [2.05, 4.69) is 53.5 Å². The SMILES string of the molecule is CCCN(C)C(C)(C)C(C)(C)C. The molecular formula is C11H25N. The molecule has 0 bridgehead atoms. The van der Waals surface area contributed by atoms with Crippen LogP contribution in [0.3, 0.4) is 0 Å². The molecule has 0 aromatic rings. The van der Waals surface area contributed by atoms with E-state index in [4.69, 9.17) is 0 Å². The highest BCUT2D eigenvalue weighted by Crippen LogP contribution is 2.34. The summed E-state index contributed by atoms with van der Waals surface area (Å²) >= 11 is 0. The highest BCUT2D eigenvalue weighted by Gasteiger charge is 2.35. The van der Waals surface area contributed by atoms with E-state index in [0.717, 1.165) is 0 Å². The summed E-state index contributed by atoms with van der Waals surface area (Å²) in [5.41, 5.74) is 0.625. The molecule has 0 aromatic heterocycles. The topological polar surface area (TPSA) is 3.24 Å². The molecule has 0 radical (unpaired) electrons. The Hall–Kier alpha value is -0.0400. The molecule has 0 fully saturated rings. The third-order valence-electron chi connectivity index (χ3n) is 3.35. The molecule has 0 spiro atoms. The lowest BCUT2D eigenvalue weighted by atomic mass is 9.75. The van der Waals surface area contributed by atoms with Crippen molar-refractivity contribution in [3.05, 3.63) is 0 Å². The second-order valence-electron chi connectivity index (χ2n) is 5.23. The van der Waals surface area contributed by atoms with Crippen molar-refractivity contribution in [2.45, 2.75) is 53.5 Å². The van der Waals surface area contributed by atoms with Gasteiger partial charge in [-0.2, -0.15) is 0 Å². The highest BCUT2D eigenvalue weighted by molar-refractivity contribution is 4.90. The van der Waals surface area contributed by atoms with Gasteiger partial charge >= 0.3 is 0 Å². The van der Waals surface area contributed by atoms with Gasteiger partial charge in [0.2, 0.25) is 0 Å². The van der Waals surface area contributed by atoms with Gasteiger partial charge in [0, 0.05) is 5.54 Å². The van der Waals surface area contributed by atoms with Crippen LogP contribution in [0.25, 0.3) is 0 Å². The lowest BCUT2D eigenvalue weighted by molar-refractivity contribution is 0.0436. The molecule has 0 saturated heterocycles. The number of rotatable bonds is 3. The molecule has 0 N–H and O–H groups in total. The monoisotopic (exact) mass is 171 g/mol. The van der Waals surface area contributed by atoms with Gasteiger partial charge in [0.15, 0.2) is 0 Å². The van der Waals surface area contributed by atoms with E-state index in [1.54, 1.807) is 0 Å². The van der Waals surface area contributed by atoms with E-state index in [0.29, 0.717) is 5.41 Å². The standard InChI is InChI=1S/C11H25N/c1-8-9-12(7)11(5,6)10(2,3)4/h8-9H2,1-7H3. The van der Waals surface area contributed by atoms with Crippen LogP contribution < -0.4 is 0 Å². The zero-order chi connectivity index (χ0) is 9.99. The summed E-state index contributed by atoms with van der Waals surface area (Å²) in [6.45, 7) is 15.0. The molecule has 0 rings (SSSR count). The lowest BCUT2D eigenvalue weighted by Crippen LogP contribution is -2.51. The fourth-order valence-electron chi connectivity index (χ4n) is 1.19. The molecule has 0 aliphatic heterocycles. The molecular weight excluding hydrogens is 146 g/mol. The minimum atomic E-state index is 0.281. The first-order chi connectivity index (χ1) is 5.23. The quantitative estimate of drug-likeness (QED) is 0.630. The van der Waals surface area contributed by atoms with E-state index in [1.165, 1.54) is 13.0 Å². The van der Waals surface area contributed by atoms with E-state index < -0.39 is 0 Å². The largest absolute Gasteiger partial charge is 0.301 e. The van der Waals surface area contributed by atoms with E-state index in [9.17, 15) is 0 Å². The summed E-state index contributed by atoms with van der Waals surface area (Å²) in [6, 6.07) is 0. The van der Waals surface area contributed by atoms with Crippen molar-refractivity contribution in [1.82, 2.24) is 4.90 Å². The van der Waals surface area contributed by atoms with Crippen molar-refractivity contribution in [2.24, 2.45) is 5.41 Å². The maximum Gasteiger partial charge on any atom is 0.0198 e. The van der Waals surface area contributed by atoms with Gasteiger partial charge in [-0.1, -0.05) is 27.7 Å². The summed E-state index contributed by atoms with van der Waals surface area (Å²) in [5, 5.41) is 0. The Balaban J connectivity index is 4.38. The Kier molecular flexibility index (Phi) is 3.77. The van der Waals surface area contributed by atoms with Gasteiger partial charge in [0.25, 0.3) is 0 Å². The average molecular weight is 171 g/mol. The van der Waals surface area contributed by atoms with Crippen LogP contribution in [0.1, 0.15) is 48.0 Å². The maximum absolute atomic E-state index is 2.45. The van der Waals surface area contributed by atoms with Crippen molar-refractivity contribution >= 4 is 0 Å². The fourth-order valence-corrected chi connectivity index (χ4v) is 1.19. The van der Waals surface area contributed by atoms with Crippen LogP contribution in [0.2, 0.25) is 0 Å². The smallest absolute Gasteiger partial charge is 0.0198 e. The van der Waals surface area contributed by atoms with Crippen LogP contribution in [-0.4, -0.2) is 24.0 Å². The minimum Gasteiger partial charge on any atom is -0.301 e. The average Bonchev–Trinajstić information content (AvgIpc) is 1.85. The van der Waals surface area contributed by atoms with Gasteiger partial charge in [0.1, 0.15) is 0 Å². The molecule has 1 nitrogen and oxygen atoms in total. The normalized spacial score (nSPS) is 14.0. The number of nitrogens with zero attached hydrogens (tertiary/aromatic N) is 1. The Bertz CT molecular complexity index is 130. The molecule has 12 heavy (non-hydrogen) atoms. The fraction of sp³-hybridized carbons (Fsp3) is 1.00. The Labute approximate surface area is 78.1 Å². The van der Waals surface area contributed by atoms with E-state index in [-0.39, 0.29) is 5.54 Å². The predicted octanol–water partition coefficient (Wildman–Crippen LogP) is 3.15. The third-order valence-corrected chi connectivity index (χ3v) is 3.35. The van der Waals surface area contributed by atoms with Crippen LogP contribution in [0, 0.1) is 5.41 Å². The molecule has 0 amide bonds. The van der Waals surface area contributed by atoms with Gasteiger partial charge < -0.3 is 4.90 Å². The van der Waals surface area contributed by atoms with Crippen molar-refractivity contribution in [3.8, 4) is 0 Å². The predicted molar refractivity (Wildman–Crippen MR) is 56.5 cm³/mol. The Morgan fingerprint density at radius 1 is 1.00 bits per heavy atom. The van der Waals surface area contributed by atoms with Crippen LogP contribution in [0.4, 0.5) is 0 Å². The molecule has 0 atom stereocenters. The first-order valence-corrected chi connectivity index (χ1v) is 4.94. The second kappa shape index (κ2) is 3.78. The van der Waals surface area contributed by atoms with Crippen molar-refractivity contribution in [1.29, 1.82) is 0 Å². The molecule has 0 aromatic carbocycles. The van der Waals surface area contributed by atoms with Crippen molar-refractivity contribution in [3.63, 3.8) is 0 Å². The van der Waals surface area contributed by atoms with Gasteiger partial charge in [-0.15, -0.1) is 0 Å². The zero-order valence-electron chi connectivity index (χ0n) is 9.86. The number of hydrogen-bond donors (Lipinski definition) is 0. The van der Waals surface area contributed by atoms with Gasteiger partial charge in [0.05, 0.1) is 0 Å². The second-order valence-corrected chi connectivity index (χ2v) is 5.23. The zero-order valence-corrected chi connectivity index (χ0v) is 9.86. The van der Waals surface area contributed by atoms with Gasteiger partial charge in [-0.3, -0.25) is 0 Å². The van der Waals surface area contributed by atoms with Crippen LogP contribution >= 0.6 is 0 Å². The van der Waals surface area contributed by atoms with Crippen LogP contribution in [0.5, 0.6) is 0 Å². The van der Waals surface area contributed by atoms with E-state index >= 15 is 0 Å². The Morgan fingerprint density at radius 3 is 1.67 bits per heavy atom. The summed E-state index contributed by atoms with van der Waals surface area (Å²) in [7, 11) is 2.22. The molecule has 74 valence electrons. The first-order valence-electron chi connectivity index (χ1n) is 4.94. The molecule has 0 aliphatic carbocycles.